The molecule has 4 nitrogen and oxygen atoms in total. The number of thiophene rings is 1. The van der Waals surface area contributed by atoms with Crippen LogP contribution in [0.4, 0.5) is 0 Å². The van der Waals surface area contributed by atoms with Gasteiger partial charge in [0.1, 0.15) is 12.1 Å². The highest BCUT2D eigenvalue weighted by molar-refractivity contribution is 7.10. The number of para-hydroxylation sites is 1. The first kappa shape index (κ1) is 20.5. The molecule has 4 aromatic rings. The van der Waals surface area contributed by atoms with Crippen LogP contribution in [-0.4, -0.2) is 9.97 Å². The molecule has 0 aliphatic rings. The first-order valence-electron chi connectivity index (χ1n) is 10.5. The fourth-order valence-corrected chi connectivity index (χ4v) is 4.64. The van der Waals surface area contributed by atoms with Crippen molar-refractivity contribution in [2.75, 3.05) is 0 Å². The molecule has 2 heterocycles. The fourth-order valence-electron chi connectivity index (χ4n) is 3.81. The molecular weight excluding hydrogens is 390 g/mol. The molecule has 2 aromatic carbocycles. The van der Waals surface area contributed by atoms with Gasteiger partial charge in [0.2, 0.25) is 0 Å². The molecule has 0 saturated heterocycles. The van der Waals surface area contributed by atoms with Gasteiger partial charge in [-0.1, -0.05) is 56.3 Å². The molecular formula is C25H28N3OS+. The van der Waals surface area contributed by atoms with Crippen molar-refractivity contribution in [3.63, 3.8) is 0 Å². The summed E-state index contributed by atoms with van der Waals surface area (Å²) < 4.78 is 0. The van der Waals surface area contributed by atoms with E-state index in [0.717, 1.165) is 11.9 Å². The van der Waals surface area contributed by atoms with Crippen molar-refractivity contribution in [3.05, 3.63) is 98.2 Å². The van der Waals surface area contributed by atoms with Crippen LogP contribution in [0.3, 0.4) is 0 Å². The Morgan fingerprint density at radius 2 is 1.73 bits per heavy atom. The smallest absolute Gasteiger partial charge is 0.258 e. The maximum atomic E-state index is 12.5. The molecule has 0 fully saturated rings. The van der Waals surface area contributed by atoms with Crippen LogP contribution in [0.5, 0.6) is 0 Å². The number of quaternary nitrogens is 1. The highest BCUT2D eigenvalue weighted by atomic mass is 32.1. The Balaban J connectivity index is 1.65. The largest absolute Gasteiger partial charge is 0.327 e. The van der Waals surface area contributed by atoms with Crippen LogP contribution in [0.2, 0.25) is 0 Å². The summed E-state index contributed by atoms with van der Waals surface area (Å²) in [5.41, 5.74) is 3.29. The van der Waals surface area contributed by atoms with E-state index < -0.39 is 0 Å². The summed E-state index contributed by atoms with van der Waals surface area (Å²) in [6.45, 7) is 6.59. The minimum absolute atomic E-state index is 0.00338. The third-order valence-electron chi connectivity index (χ3n) is 5.87. The molecule has 0 amide bonds. The quantitative estimate of drug-likeness (QED) is 0.448. The summed E-state index contributed by atoms with van der Waals surface area (Å²) in [6.07, 6.45) is 1.14. The third kappa shape index (κ3) is 4.23. The van der Waals surface area contributed by atoms with E-state index in [1.807, 2.05) is 24.3 Å². The van der Waals surface area contributed by atoms with Gasteiger partial charge in [-0.2, -0.15) is 0 Å². The van der Waals surface area contributed by atoms with Crippen LogP contribution in [0.15, 0.2) is 70.8 Å². The zero-order valence-electron chi connectivity index (χ0n) is 17.6. The standard InChI is InChI=1S/C25H27N3OS/c1-4-16(2)18-11-13-19(14-12-18)23(22-10-7-15-30-22)26-17(3)24-27-21-9-6-5-8-20(21)25(29)28-24/h5-17,23,26H,4H2,1-3H3,(H,27,28,29)/p+1/t16-,17+,23+/m1/s1. The van der Waals surface area contributed by atoms with Gasteiger partial charge in [0.05, 0.1) is 15.8 Å². The van der Waals surface area contributed by atoms with E-state index in [-0.39, 0.29) is 17.6 Å². The van der Waals surface area contributed by atoms with Gasteiger partial charge in [-0.25, -0.2) is 4.98 Å². The van der Waals surface area contributed by atoms with Crippen LogP contribution in [0, 0.1) is 0 Å². The number of nitrogens with zero attached hydrogens (tertiary/aromatic N) is 1. The van der Waals surface area contributed by atoms with Crippen molar-refractivity contribution in [3.8, 4) is 0 Å². The number of rotatable bonds is 7. The molecule has 5 heteroatoms. The van der Waals surface area contributed by atoms with Gasteiger partial charge in [0.15, 0.2) is 5.82 Å². The number of nitrogens with two attached hydrogens (primary N) is 1. The zero-order chi connectivity index (χ0) is 21.1. The highest BCUT2D eigenvalue weighted by Gasteiger charge is 2.24. The predicted molar refractivity (Wildman–Crippen MR) is 124 cm³/mol. The second-order valence-electron chi connectivity index (χ2n) is 7.92. The average Bonchev–Trinajstić information content (AvgIpc) is 3.31. The van der Waals surface area contributed by atoms with Crippen molar-refractivity contribution in [2.45, 2.75) is 45.2 Å². The van der Waals surface area contributed by atoms with E-state index >= 15 is 0 Å². The molecule has 0 aliphatic heterocycles. The summed E-state index contributed by atoms with van der Waals surface area (Å²) in [6, 6.07) is 20.9. The van der Waals surface area contributed by atoms with E-state index in [1.165, 1.54) is 16.0 Å². The topological polar surface area (TPSA) is 62.4 Å². The average molecular weight is 419 g/mol. The van der Waals surface area contributed by atoms with Crippen molar-refractivity contribution < 1.29 is 5.32 Å². The Kier molecular flexibility index (Phi) is 6.11. The first-order chi connectivity index (χ1) is 14.6. The Morgan fingerprint density at radius 3 is 2.43 bits per heavy atom. The Bertz CT molecular complexity index is 1170. The molecule has 154 valence electrons. The van der Waals surface area contributed by atoms with Crippen LogP contribution in [-0.2, 0) is 0 Å². The van der Waals surface area contributed by atoms with Crippen molar-refractivity contribution in [1.29, 1.82) is 0 Å². The Morgan fingerprint density at radius 1 is 1.00 bits per heavy atom. The van der Waals surface area contributed by atoms with Crippen molar-refractivity contribution >= 4 is 22.2 Å². The van der Waals surface area contributed by atoms with Crippen LogP contribution in [0.25, 0.3) is 10.9 Å². The Labute approximate surface area is 181 Å². The number of hydrogen-bond acceptors (Lipinski definition) is 3. The number of benzene rings is 2. The van der Waals surface area contributed by atoms with E-state index in [0.29, 0.717) is 17.1 Å². The molecule has 4 rings (SSSR count). The van der Waals surface area contributed by atoms with E-state index in [9.17, 15) is 4.79 Å². The molecule has 0 unspecified atom stereocenters. The molecule has 30 heavy (non-hydrogen) atoms. The molecule has 0 saturated carbocycles. The lowest BCUT2D eigenvalue weighted by Crippen LogP contribution is -2.86. The lowest BCUT2D eigenvalue weighted by atomic mass is 9.95. The second kappa shape index (κ2) is 8.94. The number of aromatic nitrogens is 2. The van der Waals surface area contributed by atoms with Crippen LogP contribution < -0.4 is 10.9 Å². The first-order valence-corrected chi connectivity index (χ1v) is 11.4. The molecule has 2 aromatic heterocycles. The molecule has 3 N–H and O–H groups in total. The van der Waals surface area contributed by atoms with Gasteiger partial charge < -0.3 is 10.3 Å². The minimum Gasteiger partial charge on any atom is -0.327 e. The number of aromatic amines is 1. The maximum absolute atomic E-state index is 12.5. The third-order valence-corrected chi connectivity index (χ3v) is 6.83. The normalized spacial score (nSPS) is 14.5. The van der Waals surface area contributed by atoms with Gasteiger partial charge in [-0.3, -0.25) is 4.79 Å². The van der Waals surface area contributed by atoms with Gasteiger partial charge >= 0.3 is 0 Å². The van der Waals surface area contributed by atoms with Gasteiger partial charge in [-0.05, 0) is 48.4 Å². The fraction of sp³-hybridized carbons (Fsp3) is 0.280. The van der Waals surface area contributed by atoms with Gasteiger partial charge in [-0.15, -0.1) is 11.3 Å². The monoisotopic (exact) mass is 418 g/mol. The molecule has 0 spiro atoms. The van der Waals surface area contributed by atoms with E-state index in [2.05, 4.69) is 72.9 Å². The minimum atomic E-state index is -0.0820. The summed E-state index contributed by atoms with van der Waals surface area (Å²) in [5.74, 6) is 1.27. The van der Waals surface area contributed by atoms with Crippen molar-refractivity contribution in [1.82, 2.24) is 9.97 Å². The predicted octanol–water partition coefficient (Wildman–Crippen LogP) is 4.91. The van der Waals surface area contributed by atoms with E-state index in [1.54, 1.807) is 11.3 Å². The Hall–Kier alpha value is -2.76. The van der Waals surface area contributed by atoms with Gasteiger partial charge in [0.25, 0.3) is 5.56 Å². The van der Waals surface area contributed by atoms with Crippen LogP contribution in [0.1, 0.15) is 67.0 Å². The van der Waals surface area contributed by atoms with Crippen molar-refractivity contribution in [2.24, 2.45) is 0 Å². The lowest BCUT2D eigenvalue weighted by Gasteiger charge is -2.20. The number of nitrogens with one attached hydrogen (secondary N) is 1. The number of H-pyrrole nitrogens is 1. The molecule has 0 aliphatic carbocycles. The lowest BCUT2D eigenvalue weighted by molar-refractivity contribution is -0.723. The highest BCUT2D eigenvalue weighted by Crippen LogP contribution is 2.26. The summed E-state index contributed by atoms with van der Waals surface area (Å²) in [7, 11) is 0. The summed E-state index contributed by atoms with van der Waals surface area (Å²) >= 11 is 1.76. The second-order valence-corrected chi connectivity index (χ2v) is 8.90. The van der Waals surface area contributed by atoms with Gasteiger partial charge in [0, 0.05) is 5.56 Å². The summed E-state index contributed by atoms with van der Waals surface area (Å²) in [5, 5.41) is 5.03. The van der Waals surface area contributed by atoms with Crippen LogP contribution >= 0.6 is 11.3 Å². The number of fused-ring (bicyclic) bond motifs is 1. The SMILES string of the molecule is CC[C@@H](C)c1ccc([C@H]([NH2+][C@@H](C)c2nc3ccccc3c(=O)[nH]2)c2cccs2)cc1. The molecule has 0 bridgehead atoms. The molecule has 0 radical (unpaired) electrons. The maximum Gasteiger partial charge on any atom is 0.258 e. The molecule has 3 atom stereocenters. The number of hydrogen-bond donors (Lipinski definition) is 2. The summed E-state index contributed by atoms with van der Waals surface area (Å²) in [4.78, 5) is 21.5. The zero-order valence-corrected chi connectivity index (χ0v) is 18.4. The van der Waals surface area contributed by atoms with E-state index in [4.69, 9.17) is 4.98 Å².